The Morgan fingerprint density at radius 1 is 1.31 bits per heavy atom. The van der Waals surface area contributed by atoms with Crippen LogP contribution in [0.2, 0.25) is 0 Å². The lowest BCUT2D eigenvalue weighted by Crippen LogP contribution is -2.21. The SMILES string of the molecule is CC1CCN(c2nccc(Nc3cc(C4CC4)[nH]n3)n2)C1.CN(C)C=O. The smallest absolute Gasteiger partial charge is 0.227 e. The van der Waals surface area contributed by atoms with Crippen LogP contribution in [0.4, 0.5) is 17.6 Å². The maximum atomic E-state index is 9.43. The molecule has 8 heteroatoms. The zero-order valence-corrected chi connectivity index (χ0v) is 15.6. The van der Waals surface area contributed by atoms with Crippen LogP contribution in [-0.2, 0) is 4.79 Å². The summed E-state index contributed by atoms with van der Waals surface area (Å²) in [5, 5.41) is 10.7. The number of nitrogens with zero attached hydrogens (tertiary/aromatic N) is 5. The number of carbonyl (C=O) groups is 1. The van der Waals surface area contributed by atoms with Crippen molar-refractivity contribution in [3.8, 4) is 0 Å². The van der Waals surface area contributed by atoms with Gasteiger partial charge in [0.2, 0.25) is 12.4 Å². The Morgan fingerprint density at radius 3 is 2.69 bits per heavy atom. The summed E-state index contributed by atoms with van der Waals surface area (Å²) >= 11 is 0. The van der Waals surface area contributed by atoms with Crippen molar-refractivity contribution in [1.29, 1.82) is 0 Å². The van der Waals surface area contributed by atoms with Crippen molar-refractivity contribution in [2.24, 2.45) is 5.92 Å². The Kier molecular flexibility index (Phi) is 5.70. The predicted molar refractivity (Wildman–Crippen MR) is 102 cm³/mol. The molecule has 2 fully saturated rings. The quantitative estimate of drug-likeness (QED) is 0.799. The van der Waals surface area contributed by atoms with E-state index < -0.39 is 0 Å². The van der Waals surface area contributed by atoms with Crippen LogP contribution in [-0.4, -0.2) is 58.7 Å². The minimum absolute atomic E-state index is 0.681. The highest BCUT2D eigenvalue weighted by Crippen LogP contribution is 2.39. The van der Waals surface area contributed by atoms with Crippen LogP contribution in [0, 0.1) is 5.92 Å². The molecule has 0 aromatic carbocycles. The number of carbonyl (C=O) groups excluding carboxylic acids is 1. The molecule has 0 spiro atoms. The zero-order chi connectivity index (χ0) is 18.5. The van der Waals surface area contributed by atoms with Crippen molar-refractivity contribution >= 4 is 24.0 Å². The fourth-order valence-electron chi connectivity index (χ4n) is 2.82. The number of aromatic amines is 1. The topological polar surface area (TPSA) is 90.0 Å². The van der Waals surface area contributed by atoms with Gasteiger partial charge in [-0.1, -0.05) is 6.92 Å². The van der Waals surface area contributed by atoms with Crippen LogP contribution in [0.3, 0.4) is 0 Å². The summed E-state index contributed by atoms with van der Waals surface area (Å²) in [5.41, 5.74) is 1.22. The van der Waals surface area contributed by atoms with E-state index in [9.17, 15) is 4.79 Å². The summed E-state index contributed by atoms with van der Waals surface area (Å²) in [6.07, 6.45) is 6.31. The summed E-state index contributed by atoms with van der Waals surface area (Å²) < 4.78 is 0. The second-order valence-electron chi connectivity index (χ2n) is 7.26. The summed E-state index contributed by atoms with van der Waals surface area (Å²) in [6.45, 7) is 4.35. The van der Waals surface area contributed by atoms with E-state index in [2.05, 4.69) is 43.4 Å². The summed E-state index contributed by atoms with van der Waals surface area (Å²) in [4.78, 5) is 22.1. The van der Waals surface area contributed by atoms with Crippen LogP contribution < -0.4 is 10.2 Å². The fourth-order valence-corrected chi connectivity index (χ4v) is 2.82. The number of hydrogen-bond acceptors (Lipinski definition) is 6. The molecule has 0 radical (unpaired) electrons. The van der Waals surface area contributed by atoms with Crippen LogP contribution in [0.1, 0.15) is 37.8 Å². The number of nitrogens with one attached hydrogen (secondary N) is 2. The van der Waals surface area contributed by atoms with Crippen LogP contribution in [0.15, 0.2) is 18.3 Å². The average molecular weight is 357 g/mol. The first kappa shape index (κ1) is 18.2. The van der Waals surface area contributed by atoms with Gasteiger partial charge in [0, 0.05) is 51.1 Å². The van der Waals surface area contributed by atoms with E-state index in [4.69, 9.17) is 0 Å². The van der Waals surface area contributed by atoms with Crippen molar-refractivity contribution in [3.63, 3.8) is 0 Å². The van der Waals surface area contributed by atoms with Crippen LogP contribution in [0.25, 0.3) is 0 Å². The fraction of sp³-hybridized carbons (Fsp3) is 0.556. The maximum Gasteiger partial charge on any atom is 0.227 e. The predicted octanol–water partition coefficient (Wildman–Crippen LogP) is 2.37. The minimum Gasteiger partial charge on any atom is -0.351 e. The molecule has 1 saturated heterocycles. The highest BCUT2D eigenvalue weighted by atomic mass is 16.1. The Balaban J connectivity index is 0.000000349. The molecule has 4 rings (SSSR count). The Labute approximate surface area is 154 Å². The van der Waals surface area contributed by atoms with Crippen LogP contribution >= 0.6 is 0 Å². The monoisotopic (exact) mass is 357 g/mol. The molecule has 2 aromatic rings. The van der Waals surface area contributed by atoms with Crippen LogP contribution in [0.5, 0.6) is 0 Å². The molecule has 1 amide bonds. The second-order valence-corrected chi connectivity index (χ2v) is 7.26. The van der Waals surface area contributed by atoms with E-state index in [0.29, 0.717) is 5.92 Å². The number of anilines is 3. The van der Waals surface area contributed by atoms with E-state index in [1.165, 1.54) is 29.9 Å². The highest BCUT2D eigenvalue weighted by Gasteiger charge is 2.25. The molecule has 2 N–H and O–H groups in total. The van der Waals surface area contributed by atoms with Gasteiger partial charge in [-0.05, 0) is 31.2 Å². The van der Waals surface area contributed by atoms with Gasteiger partial charge in [0.1, 0.15) is 5.82 Å². The summed E-state index contributed by atoms with van der Waals surface area (Å²) in [7, 11) is 3.38. The number of H-pyrrole nitrogens is 1. The third kappa shape index (κ3) is 4.93. The van der Waals surface area contributed by atoms with Crippen molar-refractivity contribution in [2.45, 2.75) is 32.1 Å². The normalized spacial score (nSPS) is 18.9. The standard InChI is InChI=1S/C15H20N6.C3H7NO/c1-10-5-7-21(9-10)15-16-6-4-13(18-15)17-14-8-12(19-20-14)11-2-3-11;1-4(2)3-5/h4,6,8,10-11H,2-3,5,7,9H2,1H3,(H2,16,17,18,19,20);3H,1-2H3. The molecular formula is C18H27N7O. The first-order chi connectivity index (χ1) is 12.5. The molecule has 140 valence electrons. The van der Waals surface area contributed by atoms with E-state index in [0.717, 1.165) is 43.0 Å². The zero-order valence-electron chi connectivity index (χ0n) is 15.6. The highest BCUT2D eigenvalue weighted by molar-refractivity contribution is 5.53. The largest absolute Gasteiger partial charge is 0.351 e. The summed E-state index contributed by atoms with van der Waals surface area (Å²) in [6, 6.07) is 3.96. The molecule has 0 bridgehead atoms. The van der Waals surface area contributed by atoms with Gasteiger partial charge in [-0.25, -0.2) is 4.98 Å². The van der Waals surface area contributed by atoms with Gasteiger partial charge in [0.15, 0.2) is 5.82 Å². The molecule has 1 unspecified atom stereocenters. The van der Waals surface area contributed by atoms with Crippen molar-refractivity contribution in [3.05, 3.63) is 24.0 Å². The molecule has 26 heavy (non-hydrogen) atoms. The lowest BCUT2D eigenvalue weighted by molar-refractivity contribution is -0.115. The molecule has 1 saturated carbocycles. The van der Waals surface area contributed by atoms with Gasteiger partial charge in [-0.15, -0.1) is 0 Å². The third-order valence-corrected chi connectivity index (χ3v) is 4.43. The first-order valence-electron chi connectivity index (χ1n) is 9.07. The molecule has 1 aliphatic heterocycles. The number of amides is 1. The van der Waals surface area contributed by atoms with Crippen molar-refractivity contribution in [2.75, 3.05) is 37.4 Å². The van der Waals surface area contributed by atoms with Gasteiger partial charge in [-0.2, -0.15) is 10.1 Å². The molecule has 2 aliphatic rings. The van der Waals surface area contributed by atoms with Crippen molar-refractivity contribution < 1.29 is 4.79 Å². The number of rotatable bonds is 5. The third-order valence-electron chi connectivity index (χ3n) is 4.43. The molecule has 1 atom stereocenters. The lowest BCUT2D eigenvalue weighted by Gasteiger charge is -2.16. The number of hydrogen-bond donors (Lipinski definition) is 2. The van der Waals surface area contributed by atoms with Gasteiger partial charge in [0.25, 0.3) is 0 Å². The van der Waals surface area contributed by atoms with E-state index in [-0.39, 0.29) is 0 Å². The van der Waals surface area contributed by atoms with Gasteiger partial charge < -0.3 is 15.1 Å². The van der Waals surface area contributed by atoms with E-state index in [1.807, 2.05) is 12.3 Å². The minimum atomic E-state index is 0.681. The second kappa shape index (κ2) is 8.16. The Morgan fingerprint density at radius 2 is 2.08 bits per heavy atom. The summed E-state index contributed by atoms with van der Waals surface area (Å²) in [5.74, 6) is 3.84. The average Bonchev–Trinajstić information content (AvgIpc) is 3.23. The lowest BCUT2D eigenvalue weighted by atomic mass is 10.2. The number of aromatic nitrogens is 4. The van der Waals surface area contributed by atoms with Gasteiger partial charge in [-0.3, -0.25) is 9.89 Å². The van der Waals surface area contributed by atoms with E-state index >= 15 is 0 Å². The Hall–Kier alpha value is -2.64. The molecule has 8 nitrogen and oxygen atoms in total. The van der Waals surface area contributed by atoms with Crippen molar-refractivity contribution in [1.82, 2.24) is 25.1 Å². The van der Waals surface area contributed by atoms with E-state index in [1.54, 1.807) is 14.1 Å². The molecule has 3 heterocycles. The first-order valence-corrected chi connectivity index (χ1v) is 9.07. The van der Waals surface area contributed by atoms with Gasteiger partial charge in [0.05, 0.1) is 0 Å². The van der Waals surface area contributed by atoms with Gasteiger partial charge >= 0.3 is 0 Å². The molecule has 1 aliphatic carbocycles. The molecule has 2 aromatic heterocycles. The molecular weight excluding hydrogens is 330 g/mol. The maximum absolute atomic E-state index is 9.43. The Bertz CT molecular complexity index is 726.